The van der Waals surface area contributed by atoms with Crippen LogP contribution in [0.1, 0.15) is 0 Å². The summed E-state index contributed by atoms with van der Waals surface area (Å²) in [6.45, 7) is 16.8. The van der Waals surface area contributed by atoms with Crippen LogP contribution in [-0.2, 0) is 18.3 Å². The van der Waals surface area contributed by atoms with Gasteiger partial charge in [0, 0.05) is 0 Å². The molecule has 0 rings (SSSR count). The van der Waals surface area contributed by atoms with Crippen molar-refractivity contribution < 1.29 is 18.3 Å². The molecule has 0 heterocycles. The minimum absolute atomic E-state index is 0.103. The maximum atomic E-state index is 6.22. The van der Waals surface area contributed by atoms with E-state index in [-0.39, 0.29) is 12.2 Å². The van der Waals surface area contributed by atoms with Crippen molar-refractivity contribution in [3.05, 3.63) is 25.7 Å². The molecule has 0 fully saturated rings. The molecule has 0 amide bonds. The molecule has 0 aliphatic heterocycles. The van der Waals surface area contributed by atoms with Crippen molar-refractivity contribution in [3.8, 4) is 0 Å². The Bertz CT molecular complexity index is 334. The van der Waals surface area contributed by atoms with Gasteiger partial charge in [-0.25, -0.2) is 0 Å². The molecule has 0 radical (unpaired) electrons. The van der Waals surface area contributed by atoms with Crippen LogP contribution in [0.2, 0.25) is 38.3 Å². The van der Waals surface area contributed by atoms with Gasteiger partial charge in [0.1, 0.15) is 13.2 Å². The highest BCUT2D eigenvalue weighted by Gasteiger charge is 2.33. The molecule has 0 saturated carbocycles. The first kappa shape index (κ1) is 24.0. The zero-order valence-corrected chi connectivity index (χ0v) is 18.9. The van der Waals surface area contributed by atoms with E-state index in [1.807, 2.05) is 0 Å². The molecule has 0 N–H and O–H groups in total. The Morgan fingerprint density at radius 3 is 1.38 bits per heavy atom. The van der Waals surface area contributed by atoms with Crippen molar-refractivity contribution in [1.29, 1.82) is 0 Å². The van der Waals surface area contributed by atoms with Crippen molar-refractivity contribution in [1.82, 2.24) is 0 Å². The second-order valence-electron chi connectivity index (χ2n) is 6.81. The third-order valence-electron chi connectivity index (χ3n) is 3.44. The number of hydrogen-bond acceptors (Lipinski definition) is 4. The first-order chi connectivity index (χ1) is 11.2. The highest BCUT2D eigenvalue weighted by molar-refractivity contribution is 6.76. The van der Waals surface area contributed by atoms with Gasteiger partial charge in [0.05, 0.1) is 36.5 Å². The molecule has 0 aromatic rings. The molecule has 0 aliphatic rings. The minimum atomic E-state index is -1.86. The van der Waals surface area contributed by atoms with E-state index in [2.05, 4.69) is 39.3 Å². The van der Waals surface area contributed by atoms with Gasteiger partial charge in [-0.15, -0.1) is 23.2 Å². The van der Waals surface area contributed by atoms with Gasteiger partial charge < -0.3 is 18.3 Å². The van der Waals surface area contributed by atoms with E-state index in [0.29, 0.717) is 25.0 Å². The molecular weight excluding hydrogens is 383 g/mol. The number of ether oxygens (including phenoxy) is 2. The molecule has 2 unspecified atom stereocenters. The molecule has 0 saturated heterocycles. The summed E-state index contributed by atoms with van der Waals surface area (Å²) in [4.78, 5) is 0. The molecule has 0 aromatic carbocycles. The van der Waals surface area contributed by atoms with E-state index in [1.54, 1.807) is 0 Å². The fourth-order valence-corrected chi connectivity index (χ4v) is 9.87. The maximum Gasteiger partial charge on any atom is 0.187 e. The molecule has 0 spiro atoms. The molecule has 0 aromatic heterocycles. The van der Waals surface area contributed by atoms with Crippen molar-refractivity contribution in [3.63, 3.8) is 0 Å². The monoisotopic (exact) mass is 414 g/mol. The third kappa shape index (κ3) is 11.5. The molecule has 8 heteroatoms. The summed E-state index contributed by atoms with van der Waals surface area (Å²) in [7, 11) is -3.72. The largest absolute Gasteiger partial charge is 0.499 e. The van der Waals surface area contributed by atoms with Crippen LogP contribution >= 0.6 is 23.2 Å². The van der Waals surface area contributed by atoms with Crippen LogP contribution < -0.4 is 0 Å². The van der Waals surface area contributed by atoms with Gasteiger partial charge in [-0.2, -0.15) is 0 Å². The highest BCUT2D eigenvalue weighted by atomic mass is 35.5. The topological polar surface area (TPSA) is 36.9 Å². The summed E-state index contributed by atoms with van der Waals surface area (Å²) in [6, 6.07) is 2.01. The summed E-state index contributed by atoms with van der Waals surface area (Å²) >= 11 is 11.9. The normalized spacial score (nSPS) is 14.8. The van der Waals surface area contributed by atoms with Crippen molar-refractivity contribution >= 4 is 39.8 Å². The lowest BCUT2D eigenvalue weighted by Gasteiger charge is -2.33. The average Bonchev–Trinajstić information content (AvgIpc) is 2.53. The quantitative estimate of drug-likeness (QED) is 0.215. The Kier molecular flexibility index (Phi) is 12.4. The smallest absolute Gasteiger partial charge is 0.187 e. The number of halogens is 2. The number of rotatable bonds is 15. The van der Waals surface area contributed by atoms with E-state index in [4.69, 9.17) is 41.5 Å². The second-order valence-corrected chi connectivity index (χ2v) is 15.9. The molecule has 0 aliphatic carbocycles. The van der Waals surface area contributed by atoms with E-state index >= 15 is 0 Å². The van der Waals surface area contributed by atoms with Crippen LogP contribution in [0.4, 0.5) is 0 Å². The standard InChI is InChI=1S/C16H32Cl2O4Si2/c1-7-19-13-15(11-17)21-23(3,4)9-10-24(5,6)22-16(12-18)14-20-8-2/h7-8,15-16H,1-2,9-14H2,3-6H3. The highest BCUT2D eigenvalue weighted by Crippen LogP contribution is 2.25. The average molecular weight is 416 g/mol. The lowest BCUT2D eigenvalue weighted by Crippen LogP contribution is -2.43. The molecule has 4 nitrogen and oxygen atoms in total. The van der Waals surface area contributed by atoms with E-state index in [9.17, 15) is 0 Å². The Hall–Kier alpha value is 0.0138. The van der Waals surface area contributed by atoms with Gasteiger partial charge in [-0.1, -0.05) is 13.2 Å². The summed E-state index contributed by atoms with van der Waals surface area (Å²) in [5, 5.41) is 0. The summed E-state index contributed by atoms with van der Waals surface area (Å²) in [5.74, 6) is 0.823. The lowest BCUT2D eigenvalue weighted by molar-refractivity contribution is 0.109. The van der Waals surface area contributed by atoms with Crippen LogP contribution in [-0.4, -0.2) is 53.8 Å². The van der Waals surface area contributed by atoms with Gasteiger partial charge >= 0.3 is 0 Å². The SMILES string of the molecule is C=COCC(CCl)O[Si](C)(C)CC[Si](C)(C)OC(CCl)COC=C. The lowest BCUT2D eigenvalue weighted by atomic mass is 10.4. The fraction of sp³-hybridized carbons (Fsp3) is 0.750. The molecule has 2 atom stereocenters. The maximum absolute atomic E-state index is 6.22. The number of alkyl halides is 2. The third-order valence-corrected chi connectivity index (χ3v) is 9.48. The predicted molar refractivity (Wildman–Crippen MR) is 108 cm³/mol. The first-order valence-corrected chi connectivity index (χ1v) is 15.4. The molecule has 24 heavy (non-hydrogen) atoms. The Labute approximate surface area is 159 Å². The van der Waals surface area contributed by atoms with Gasteiger partial charge in [-0.3, -0.25) is 0 Å². The van der Waals surface area contributed by atoms with Crippen LogP contribution in [0.15, 0.2) is 25.7 Å². The van der Waals surface area contributed by atoms with Gasteiger partial charge in [0.2, 0.25) is 0 Å². The Morgan fingerprint density at radius 2 is 1.12 bits per heavy atom. The van der Waals surface area contributed by atoms with Gasteiger partial charge in [-0.05, 0) is 38.3 Å². The van der Waals surface area contributed by atoms with Crippen molar-refractivity contribution in [2.45, 2.75) is 50.5 Å². The minimum Gasteiger partial charge on any atom is -0.499 e. The summed E-state index contributed by atoms with van der Waals surface area (Å²) < 4.78 is 22.8. The van der Waals surface area contributed by atoms with Gasteiger partial charge in [0.15, 0.2) is 16.6 Å². The van der Waals surface area contributed by atoms with Crippen LogP contribution in [0, 0.1) is 0 Å². The van der Waals surface area contributed by atoms with E-state index in [1.165, 1.54) is 12.5 Å². The Balaban J connectivity index is 4.47. The van der Waals surface area contributed by atoms with Crippen LogP contribution in [0.3, 0.4) is 0 Å². The van der Waals surface area contributed by atoms with Crippen molar-refractivity contribution in [2.24, 2.45) is 0 Å². The zero-order valence-electron chi connectivity index (χ0n) is 15.4. The second kappa shape index (κ2) is 12.4. The Morgan fingerprint density at radius 1 is 0.792 bits per heavy atom. The van der Waals surface area contributed by atoms with E-state index in [0.717, 1.165) is 12.1 Å². The molecule has 142 valence electrons. The van der Waals surface area contributed by atoms with Crippen molar-refractivity contribution in [2.75, 3.05) is 25.0 Å². The summed E-state index contributed by atoms with van der Waals surface area (Å²) in [5.41, 5.74) is 0. The van der Waals surface area contributed by atoms with Crippen LogP contribution in [0.25, 0.3) is 0 Å². The first-order valence-electron chi connectivity index (χ1n) is 8.12. The predicted octanol–water partition coefficient (Wildman–Crippen LogP) is 4.96. The zero-order chi connectivity index (χ0) is 18.6. The van der Waals surface area contributed by atoms with Crippen LogP contribution in [0.5, 0.6) is 0 Å². The van der Waals surface area contributed by atoms with Gasteiger partial charge in [0.25, 0.3) is 0 Å². The molecule has 0 bridgehead atoms. The summed E-state index contributed by atoms with van der Waals surface area (Å²) in [6.07, 6.45) is 2.62. The molecular formula is C16H32Cl2O4Si2. The fourth-order valence-electron chi connectivity index (χ4n) is 2.19. The number of hydrogen-bond donors (Lipinski definition) is 0. The van der Waals surface area contributed by atoms with E-state index < -0.39 is 16.6 Å².